The number of anilines is 2. The SMILES string of the molecule is COc1ccc(-n2nc(C(=O)Nc3ccc(Oc4ccnc(NC(=O)N5CC(O)C5)c4)c(F)c3)c(C)cc2=O)cc1. The maximum Gasteiger partial charge on any atom is 0.323 e. The minimum Gasteiger partial charge on any atom is -0.497 e. The van der Waals surface area contributed by atoms with Gasteiger partial charge in [0.05, 0.1) is 32.0 Å². The number of benzene rings is 2. The van der Waals surface area contributed by atoms with E-state index in [-0.39, 0.29) is 41.8 Å². The van der Waals surface area contributed by atoms with Crippen LogP contribution in [0.5, 0.6) is 17.2 Å². The normalized spacial score (nSPS) is 12.8. The fourth-order valence-corrected chi connectivity index (χ4v) is 4.01. The van der Waals surface area contributed by atoms with Crippen LogP contribution in [0.2, 0.25) is 0 Å². The van der Waals surface area contributed by atoms with Crippen molar-refractivity contribution >= 4 is 23.4 Å². The second kappa shape index (κ2) is 11.4. The molecule has 1 fully saturated rings. The smallest absolute Gasteiger partial charge is 0.323 e. The van der Waals surface area contributed by atoms with E-state index in [0.717, 1.165) is 10.7 Å². The van der Waals surface area contributed by atoms with Gasteiger partial charge < -0.3 is 24.8 Å². The molecule has 0 radical (unpaired) electrons. The quantitative estimate of drug-likeness (QED) is 0.312. The third-order valence-electron chi connectivity index (χ3n) is 6.19. The van der Waals surface area contributed by atoms with Gasteiger partial charge in [-0.25, -0.2) is 14.2 Å². The summed E-state index contributed by atoms with van der Waals surface area (Å²) in [5.74, 6) is -0.511. The van der Waals surface area contributed by atoms with Crippen LogP contribution in [0.3, 0.4) is 0 Å². The lowest BCUT2D eigenvalue weighted by Gasteiger charge is -2.35. The molecule has 3 N–H and O–H groups in total. The number of rotatable bonds is 7. The van der Waals surface area contributed by atoms with Crippen LogP contribution in [0.1, 0.15) is 16.1 Å². The fourth-order valence-electron chi connectivity index (χ4n) is 4.01. The summed E-state index contributed by atoms with van der Waals surface area (Å²) >= 11 is 0. The zero-order chi connectivity index (χ0) is 29.1. The number of ether oxygens (including phenoxy) is 2. The minimum atomic E-state index is -0.757. The Morgan fingerprint density at radius 1 is 1.02 bits per heavy atom. The van der Waals surface area contributed by atoms with Crippen LogP contribution in [-0.2, 0) is 0 Å². The van der Waals surface area contributed by atoms with E-state index in [2.05, 4.69) is 20.7 Å². The van der Waals surface area contributed by atoms with Gasteiger partial charge in [-0.3, -0.25) is 14.9 Å². The monoisotopic (exact) mass is 560 g/mol. The number of halogens is 1. The number of likely N-dealkylation sites (tertiary alicyclic amines) is 1. The molecule has 4 aromatic rings. The summed E-state index contributed by atoms with van der Waals surface area (Å²) in [6, 6.07) is 14.3. The van der Waals surface area contributed by atoms with Crippen LogP contribution < -0.4 is 25.7 Å². The second-order valence-electron chi connectivity index (χ2n) is 9.19. The molecule has 0 aliphatic carbocycles. The molecule has 1 aliphatic rings. The summed E-state index contributed by atoms with van der Waals surface area (Å²) in [4.78, 5) is 43.2. The Balaban J connectivity index is 1.28. The number of pyridine rings is 1. The third-order valence-corrected chi connectivity index (χ3v) is 6.19. The Hall–Kier alpha value is -5.30. The summed E-state index contributed by atoms with van der Waals surface area (Å²) in [7, 11) is 1.52. The first-order valence-corrected chi connectivity index (χ1v) is 12.4. The second-order valence-corrected chi connectivity index (χ2v) is 9.19. The van der Waals surface area contributed by atoms with Crippen molar-refractivity contribution < 1.29 is 28.6 Å². The summed E-state index contributed by atoms with van der Waals surface area (Å²) in [5.41, 5.74) is 0.497. The van der Waals surface area contributed by atoms with Crippen molar-refractivity contribution in [3.05, 3.63) is 94.3 Å². The Labute approximate surface area is 233 Å². The summed E-state index contributed by atoms with van der Waals surface area (Å²) in [6.45, 7) is 2.05. The van der Waals surface area contributed by atoms with E-state index in [1.807, 2.05) is 0 Å². The van der Waals surface area contributed by atoms with E-state index in [1.54, 1.807) is 31.2 Å². The van der Waals surface area contributed by atoms with E-state index in [0.29, 0.717) is 17.0 Å². The number of hydrogen-bond acceptors (Lipinski definition) is 8. The summed E-state index contributed by atoms with van der Waals surface area (Å²) in [6.07, 6.45) is 0.858. The van der Waals surface area contributed by atoms with Crippen LogP contribution >= 0.6 is 0 Å². The maximum absolute atomic E-state index is 14.9. The molecule has 210 valence electrons. The molecule has 1 aliphatic heterocycles. The number of hydrogen-bond donors (Lipinski definition) is 3. The highest BCUT2D eigenvalue weighted by Crippen LogP contribution is 2.28. The highest BCUT2D eigenvalue weighted by molar-refractivity contribution is 6.03. The van der Waals surface area contributed by atoms with E-state index in [4.69, 9.17) is 9.47 Å². The van der Waals surface area contributed by atoms with Gasteiger partial charge in [-0.2, -0.15) is 9.78 Å². The third kappa shape index (κ3) is 6.15. The average Bonchev–Trinajstić information content (AvgIpc) is 2.93. The molecule has 0 unspecified atom stereocenters. The number of aromatic nitrogens is 3. The predicted molar refractivity (Wildman–Crippen MR) is 146 cm³/mol. The molecule has 13 heteroatoms. The molecule has 0 atom stereocenters. The Kier molecular flexibility index (Phi) is 7.61. The minimum absolute atomic E-state index is 0.0137. The molecular formula is C28H25FN6O6. The van der Waals surface area contributed by atoms with Crippen molar-refractivity contribution in [2.45, 2.75) is 13.0 Å². The topological polar surface area (TPSA) is 148 Å². The van der Waals surface area contributed by atoms with Crippen molar-refractivity contribution in [3.8, 4) is 22.9 Å². The Bertz CT molecular complexity index is 1670. The lowest BCUT2D eigenvalue weighted by molar-refractivity contribution is 0.0308. The molecule has 3 heterocycles. The molecule has 2 aromatic carbocycles. The van der Waals surface area contributed by atoms with Crippen LogP contribution in [-0.4, -0.2) is 63.0 Å². The first-order chi connectivity index (χ1) is 19.7. The Morgan fingerprint density at radius 2 is 1.78 bits per heavy atom. The van der Waals surface area contributed by atoms with Gasteiger partial charge in [-0.1, -0.05) is 0 Å². The molecule has 41 heavy (non-hydrogen) atoms. The maximum atomic E-state index is 14.9. The molecule has 0 spiro atoms. The Morgan fingerprint density at radius 3 is 2.46 bits per heavy atom. The van der Waals surface area contributed by atoms with E-state index in [1.165, 1.54) is 48.5 Å². The lowest BCUT2D eigenvalue weighted by Crippen LogP contribution is -2.54. The van der Waals surface area contributed by atoms with Crippen molar-refractivity contribution in [2.24, 2.45) is 0 Å². The lowest BCUT2D eigenvalue weighted by atomic mass is 10.2. The highest BCUT2D eigenvalue weighted by Gasteiger charge is 2.29. The van der Waals surface area contributed by atoms with Crippen LogP contribution in [0.15, 0.2) is 71.7 Å². The standard InChI is InChI=1S/C28H25FN6O6/c1-16-11-25(37)35(18-4-6-20(40-2)7-5-18)33-26(16)27(38)31-17-3-8-23(22(29)12-17)41-21-9-10-30-24(13-21)32-28(39)34-14-19(36)15-34/h3-13,19,36H,14-15H2,1-2H3,(H,31,38)(H,30,32,39). The van der Waals surface area contributed by atoms with Gasteiger partial charge in [0.2, 0.25) is 0 Å². The van der Waals surface area contributed by atoms with Crippen molar-refractivity contribution in [2.75, 3.05) is 30.8 Å². The van der Waals surface area contributed by atoms with Crippen LogP contribution in [0.25, 0.3) is 5.69 Å². The largest absolute Gasteiger partial charge is 0.497 e. The molecule has 5 rings (SSSR count). The number of carbonyl (C=O) groups excluding carboxylic acids is 2. The van der Waals surface area contributed by atoms with E-state index in [9.17, 15) is 23.9 Å². The first kappa shape index (κ1) is 27.3. The van der Waals surface area contributed by atoms with Gasteiger partial charge in [-0.05, 0) is 55.0 Å². The van der Waals surface area contributed by atoms with E-state index < -0.39 is 29.4 Å². The van der Waals surface area contributed by atoms with Gasteiger partial charge in [0, 0.05) is 30.1 Å². The van der Waals surface area contributed by atoms with Crippen molar-refractivity contribution in [3.63, 3.8) is 0 Å². The molecule has 12 nitrogen and oxygen atoms in total. The van der Waals surface area contributed by atoms with Crippen molar-refractivity contribution in [1.82, 2.24) is 19.7 Å². The number of methoxy groups -OCH3 is 1. The zero-order valence-corrected chi connectivity index (χ0v) is 22.0. The molecular weight excluding hydrogens is 535 g/mol. The van der Waals surface area contributed by atoms with Gasteiger partial charge >= 0.3 is 6.03 Å². The average molecular weight is 561 g/mol. The number of urea groups is 1. The van der Waals surface area contributed by atoms with Crippen LogP contribution in [0, 0.1) is 12.7 Å². The predicted octanol–water partition coefficient (Wildman–Crippen LogP) is 3.34. The molecule has 2 aromatic heterocycles. The number of aryl methyl sites for hydroxylation is 1. The number of carbonyl (C=O) groups is 2. The van der Waals surface area contributed by atoms with Crippen LogP contribution in [0.4, 0.5) is 20.7 Å². The summed E-state index contributed by atoms with van der Waals surface area (Å²) in [5, 5.41) is 18.8. The van der Waals surface area contributed by atoms with Gasteiger partial charge in [0.1, 0.15) is 17.3 Å². The highest BCUT2D eigenvalue weighted by atomic mass is 19.1. The van der Waals surface area contributed by atoms with E-state index >= 15 is 0 Å². The molecule has 0 saturated carbocycles. The number of aliphatic hydroxyl groups is 1. The number of β-amino-alcohol motifs (C(OH)–C–C–N with tert-alkyl or cyclic N) is 1. The van der Waals surface area contributed by atoms with Gasteiger partial charge in [-0.15, -0.1) is 0 Å². The zero-order valence-electron chi connectivity index (χ0n) is 22.0. The number of amides is 3. The number of nitrogens with one attached hydrogen (secondary N) is 2. The van der Waals surface area contributed by atoms with Gasteiger partial charge in [0.15, 0.2) is 17.3 Å². The fraction of sp³-hybridized carbons (Fsp3) is 0.179. The first-order valence-electron chi connectivity index (χ1n) is 12.4. The number of nitrogens with zero attached hydrogens (tertiary/aromatic N) is 4. The number of aliphatic hydroxyl groups excluding tert-OH is 1. The van der Waals surface area contributed by atoms with Gasteiger partial charge in [0.25, 0.3) is 11.5 Å². The molecule has 1 saturated heterocycles. The van der Waals surface area contributed by atoms with Crippen molar-refractivity contribution in [1.29, 1.82) is 0 Å². The molecule has 0 bridgehead atoms. The molecule has 3 amide bonds. The summed E-state index contributed by atoms with van der Waals surface area (Å²) < 4.78 is 26.8.